The zero-order valence-corrected chi connectivity index (χ0v) is 15.4. The van der Waals surface area contributed by atoms with Gasteiger partial charge in [-0.25, -0.2) is 9.69 Å². The van der Waals surface area contributed by atoms with Crippen molar-refractivity contribution >= 4 is 29.3 Å². The molecule has 1 aliphatic carbocycles. The third-order valence-electron chi connectivity index (χ3n) is 5.23. The first-order chi connectivity index (χ1) is 13.5. The number of aryl methyl sites for hydroxylation is 1. The summed E-state index contributed by atoms with van der Waals surface area (Å²) in [5.74, 6) is -1.62. The van der Waals surface area contributed by atoms with Crippen molar-refractivity contribution in [3.8, 4) is 0 Å². The van der Waals surface area contributed by atoms with E-state index < -0.39 is 23.9 Å². The highest BCUT2D eigenvalue weighted by Gasteiger charge is 2.38. The van der Waals surface area contributed by atoms with Crippen LogP contribution in [0.3, 0.4) is 0 Å². The molecule has 6 nitrogen and oxygen atoms in total. The molecule has 28 heavy (non-hydrogen) atoms. The molecule has 1 atom stereocenters. The molecule has 2 aromatic carbocycles. The fourth-order valence-corrected chi connectivity index (χ4v) is 3.67. The van der Waals surface area contributed by atoms with E-state index in [1.54, 1.807) is 12.1 Å². The van der Waals surface area contributed by atoms with Crippen molar-refractivity contribution in [2.75, 3.05) is 4.90 Å². The number of ether oxygens (including phenoxy) is 1. The molecule has 2 aliphatic rings. The number of esters is 1. The van der Waals surface area contributed by atoms with Gasteiger partial charge in [0.15, 0.2) is 11.9 Å². The number of ketones is 1. The third-order valence-corrected chi connectivity index (χ3v) is 5.23. The molecule has 2 amide bonds. The topological polar surface area (TPSA) is 80.8 Å². The normalized spacial score (nSPS) is 19.0. The summed E-state index contributed by atoms with van der Waals surface area (Å²) < 4.78 is 5.34. The van der Waals surface area contributed by atoms with E-state index in [1.807, 2.05) is 19.1 Å². The summed E-state index contributed by atoms with van der Waals surface area (Å²) in [6.45, 7) is 1.82. The molecule has 4 rings (SSSR count). The van der Waals surface area contributed by atoms with Gasteiger partial charge in [-0.1, -0.05) is 18.2 Å². The van der Waals surface area contributed by atoms with E-state index >= 15 is 0 Å². The Hall–Kier alpha value is -3.28. The molecular weight excluding hydrogens is 358 g/mol. The van der Waals surface area contributed by atoms with Crippen molar-refractivity contribution in [2.45, 2.75) is 38.7 Å². The summed E-state index contributed by atoms with van der Waals surface area (Å²) in [5, 5.41) is 0. The molecule has 6 heteroatoms. The first kappa shape index (κ1) is 18.1. The number of rotatable bonds is 3. The van der Waals surface area contributed by atoms with E-state index in [0.717, 1.165) is 23.3 Å². The van der Waals surface area contributed by atoms with Gasteiger partial charge in [0.1, 0.15) is 0 Å². The highest BCUT2D eigenvalue weighted by molar-refractivity contribution is 6.34. The van der Waals surface area contributed by atoms with Crippen molar-refractivity contribution in [1.29, 1.82) is 0 Å². The fourth-order valence-electron chi connectivity index (χ4n) is 3.67. The fraction of sp³-hybridized carbons (Fsp3) is 0.273. The standard InChI is InChI=1S/C22H19NO5/c1-13-6-2-3-7-17(13)23-20(25)15-11-10-14(12-16(15)21(23)26)22(27)28-19-9-5-4-8-18(19)24/h2-3,6-7,10-12,19H,4-5,8-9H2,1H3. The average Bonchev–Trinajstić information content (AvgIpc) is 2.94. The Morgan fingerprint density at radius 3 is 2.50 bits per heavy atom. The number of amides is 2. The van der Waals surface area contributed by atoms with Crippen LogP contribution in [0.1, 0.15) is 62.3 Å². The van der Waals surface area contributed by atoms with Crippen LogP contribution in [0.5, 0.6) is 0 Å². The Kier molecular flexibility index (Phi) is 4.55. The van der Waals surface area contributed by atoms with Gasteiger partial charge in [0, 0.05) is 6.42 Å². The summed E-state index contributed by atoms with van der Waals surface area (Å²) in [5.41, 5.74) is 1.89. The smallest absolute Gasteiger partial charge is 0.338 e. The van der Waals surface area contributed by atoms with Crippen LogP contribution in [0.4, 0.5) is 5.69 Å². The predicted molar refractivity (Wildman–Crippen MR) is 101 cm³/mol. The SMILES string of the molecule is Cc1ccccc1N1C(=O)c2ccc(C(=O)OC3CCCCC3=O)cc2C1=O. The molecule has 142 valence electrons. The van der Waals surface area contributed by atoms with E-state index in [-0.39, 0.29) is 22.5 Å². The van der Waals surface area contributed by atoms with Crippen LogP contribution in [-0.2, 0) is 9.53 Å². The van der Waals surface area contributed by atoms with Crippen LogP contribution < -0.4 is 4.90 Å². The minimum atomic E-state index is -0.727. The number of para-hydroxylation sites is 1. The Morgan fingerprint density at radius 1 is 1.00 bits per heavy atom. The lowest BCUT2D eigenvalue weighted by atomic mass is 9.96. The van der Waals surface area contributed by atoms with Crippen LogP contribution in [0.25, 0.3) is 0 Å². The summed E-state index contributed by atoms with van der Waals surface area (Å²) in [6, 6.07) is 11.4. The molecular formula is C22H19NO5. The number of benzene rings is 2. The zero-order chi connectivity index (χ0) is 19.8. The number of hydrogen-bond donors (Lipinski definition) is 0. The van der Waals surface area contributed by atoms with Gasteiger partial charge in [-0.05, 0) is 56.0 Å². The van der Waals surface area contributed by atoms with E-state index in [1.165, 1.54) is 18.2 Å². The van der Waals surface area contributed by atoms with Crippen LogP contribution in [-0.4, -0.2) is 29.7 Å². The minimum Gasteiger partial charge on any atom is -0.451 e. The summed E-state index contributed by atoms with van der Waals surface area (Å²) in [4.78, 5) is 51.1. The maximum Gasteiger partial charge on any atom is 0.338 e. The number of imide groups is 1. The first-order valence-electron chi connectivity index (χ1n) is 9.29. The van der Waals surface area contributed by atoms with Crippen LogP contribution in [0.2, 0.25) is 0 Å². The lowest BCUT2D eigenvalue weighted by molar-refractivity contribution is -0.129. The molecule has 1 fully saturated rings. The molecule has 0 bridgehead atoms. The predicted octanol–water partition coefficient (Wildman–Crippen LogP) is 3.46. The number of Topliss-reactive ketones (excluding diaryl/α,β-unsaturated/α-hetero) is 1. The highest BCUT2D eigenvalue weighted by atomic mass is 16.5. The van der Waals surface area contributed by atoms with Gasteiger partial charge in [0.05, 0.1) is 22.4 Å². The first-order valence-corrected chi connectivity index (χ1v) is 9.29. The van der Waals surface area contributed by atoms with Crippen molar-refractivity contribution in [2.24, 2.45) is 0 Å². The molecule has 1 heterocycles. The quantitative estimate of drug-likeness (QED) is 0.604. The van der Waals surface area contributed by atoms with Gasteiger partial charge >= 0.3 is 5.97 Å². The molecule has 0 aromatic heterocycles. The van der Waals surface area contributed by atoms with Gasteiger partial charge < -0.3 is 4.74 Å². The second kappa shape index (κ2) is 7.03. The second-order valence-electron chi connectivity index (χ2n) is 7.10. The van der Waals surface area contributed by atoms with E-state index in [9.17, 15) is 19.2 Å². The maximum atomic E-state index is 12.9. The highest BCUT2D eigenvalue weighted by Crippen LogP contribution is 2.31. The molecule has 0 saturated heterocycles. The minimum absolute atomic E-state index is 0.0715. The Balaban J connectivity index is 1.61. The number of carbonyl (C=O) groups is 4. The molecule has 0 radical (unpaired) electrons. The molecule has 2 aromatic rings. The van der Waals surface area contributed by atoms with Gasteiger partial charge in [0.2, 0.25) is 0 Å². The summed E-state index contributed by atoms with van der Waals surface area (Å²) in [7, 11) is 0. The number of carbonyl (C=O) groups excluding carboxylic acids is 4. The van der Waals surface area contributed by atoms with Gasteiger partial charge in [-0.2, -0.15) is 0 Å². The van der Waals surface area contributed by atoms with E-state index in [0.29, 0.717) is 18.5 Å². The molecule has 1 unspecified atom stereocenters. The Morgan fingerprint density at radius 2 is 1.75 bits per heavy atom. The Bertz CT molecular complexity index is 1010. The molecule has 1 saturated carbocycles. The molecule has 0 spiro atoms. The molecule has 0 N–H and O–H groups in total. The lowest BCUT2D eigenvalue weighted by Crippen LogP contribution is -2.30. The van der Waals surface area contributed by atoms with Crippen LogP contribution in [0.15, 0.2) is 42.5 Å². The largest absolute Gasteiger partial charge is 0.451 e. The third kappa shape index (κ3) is 3.01. The monoisotopic (exact) mass is 377 g/mol. The van der Waals surface area contributed by atoms with Crippen LogP contribution >= 0.6 is 0 Å². The van der Waals surface area contributed by atoms with Crippen molar-refractivity contribution in [3.05, 3.63) is 64.7 Å². The van der Waals surface area contributed by atoms with Gasteiger partial charge in [-0.15, -0.1) is 0 Å². The number of fused-ring (bicyclic) bond motifs is 1. The number of nitrogens with zero attached hydrogens (tertiary/aromatic N) is 1. The zero-order valence-electron chi connectivity index (χ0n) is 15.4. The van der Waals surface area contributed by atoms with Crippen LogP contribution in [0, 0.1) is 6.92 Å². The van der Waals surface area contributed by atoms with Crippen molar-refractivity contribution in [1.82, 2.24) is 0 Å². The number of hydrogen-bond acceptors (Lipinski definition) is 5. The Labute approximate surface area is 162 Å². The van der Waals surface area contributed by atoms with E-state index in [2.05, 4.69) is 0 Å². The van der Waals surface area contributed by atoms with E-state index in [4.69, 9.17) is 4.74 Å². The number of anilines is 1. The van der Waals surface area contributed by atoms with Gasteiger partial charge in [-0.3, -0.25) is 14.4 Å². The average molecular weight is 377 g/mol. The summed E-state index contributed by atoms with van der Waals surface area (Å²) >= 11 is 0. The molecule has 1 aliphatic heterocycles. The second-order valence-corrected chi connectivity index (χ2v) is 7.10. The van der Waals surface area contributed by atoms with Crippen molar-refractivity contribution < 1.29 is 23.9 Å². The van der Waals surface area contributed by atoms with Crippen molar-refractivity contribution in [3.63, 3.8) is 0 Å². The van der Waals surface area contributed by atoms with Gasteiger partial charge in [0.25, 0.3) is 11.8 Å². The maximum absolute atomic E-state index is 12.9. The lowest BCUT2D eigenvalue weighted by Gasteiger charge is -2.20. The summed E-state index contributed by atoms with van der Waals surface area (Å²) in [6.07, 6.45) is 1.87.